The van der Waals surface area contributed by atoms with Crippen LogP contribution in [0.1, 0.15) is 25.3 Å². The Kier molecular flexibility index (Phi) is 6.69. The molecule has 0 amide bonds. The molecule has 4 N–H and O–H groups in total. The highest BCUT2D eigenvalue weighted by atomic mass is 35.5. The van der Waals surface area contributed by atoms with Gasteiger partial charge in [-0.15, -0.1) is 0 Å². The van der Waals surface area contributed by atoms with Gasteiger partial charge in [-0.2, -0.15) is 0 Å². The molecule has 0 saturated carbocycles. The molecule has 1 saturated heterocycles. The number of pyridine rings is 2. The van der Waals surface area contributed by atoms with Crippen molar-refractivity contribution in [3.63, 3.8) is 0 Å². The fraction of sp³-hybridized carbons (Fsp3) is 0.259. The van der Waals surface area contributed by atoms with Crippen LogP contribution in [0.2, 0.25) is 10.0 Å². The lowest BCUT2D eigenvalue weighted by Gasteiger charge is -2.31. The number of hydrogen-bond acceptors (Lipinski definition) is 6. The van der Waals surface area contributed by atoms with E-state index in [0.29, 0.717) is 0 Å². The third-order valence-corrected chi connectivity index (χ3v) is 7.05. The fourth-order valence-corrected chi connectivity index (χ4v) is 5.06. The zero-order valence-electron chi connectivity index (χ0n) is 19.4. The molecular formula is C27H27Cl2N5O. The van der Waals surface area contributed by atoms with Crippen LogP contribution in [0, 0.1) is 0 Å². The van der Waals surface area contributed by atoms with E-state index >= 15 is 0 Å². The Balaban J connectivity index is 1.51. The lowest BCUT2D eigenvalue weighted by molar-refractivity contribution is 0.476. The first-order chi connectivity index (χ1) is 16.9. The zero-order chi connectivity index (χ0) is 24.5. The number of aromatic hydroxyl groups is 1. The highest BCUT2D eigenvalue weighted by molar-refractivity contribution is 6.37. The Morgan fingerprint density at radius 1 is 1.06 bits per heavy atom. The lowest BCUT2D eigenvalue weighted by Crippen LogP contribution is -2.43. The molecule has 5 rings (SSSR count). The normalized spacial score (nSPS) is 16.0. The predicted molar refractivity (Wildman–Crippen MR) is 145 cm³/mol. The molecule has 1 aliphatic rings. The molecule has 0 aliphatic carbocycles. The van der Waals surface area contributed by atoms with E-state index in [0.717, 1.165) is 77.1 Å². The smallest absolute Gasteiger partial charge is 0.152 e. The number of hydrogen-bond donors (Lipinski definition) is 3. The Hall–Kier alpha value is -3.06. The average molecular weight is 508 g/mol. The molecule has 2 aromatic carbocycles. The van der Waals surface area contributed by atoms with Gasteiger partial charge in [0.05, 0.1) is 33.1 Å². The van der Waals surface area contributed by atoms with Crippen molar-refractivity contribution >= 4 is 51.3 Å². The van der Waals surface area contributed by atoms with E-state index in [4.69, 9.17) is 33.9 Å². The van der Waals surface area contributed by atoms with E-state index in [1.165, 1.54) is 0 Å². The molecule has 35 heavy (non-hydrogen) atoms. The Labute approximate surface area is 214 Å². The number of nitrogens with one attached hydrogen (secondary N) is 1. The molecule has 1 aliphatic heterocycles. The van der Waals surface area contributed by atoms with Crippen LogP contribution in [0.15, 0.2) is 54.9 Å². The maximum Gasteiger partial charge on any atom is 0.152 e. The summed E-state index contributed by atoms with van der Waals surface area (Å²) < 4.78 is 0. The van der Waals surface area contributed by atoms with Gasteiger partial charge in [0, 0.05) is 30.7 Å². The van der Waals surface area contributed by atoms with Gasteiger partial charge in [0.25, 0.3) is 0 Å². The molecule has 1 unspecified atom stereocenters. The van der Waals surface area contributed by atoms with Crippen molar-refractivity contribution in [1.29, 1.82) is 0 Å². The topological polar surface area (TPSA) is 87.3 Å². The Bertz CT molecular complexity index is 1350. The van der Waals surface area contributed by atoms with Crippen LogP contribution in [0.25, 0.3) is 22.0 Å². The molecule has 180 valence electrons. The number of phenols is 1. The summed E-state index contributed by atoms with van der Waals surface area (Å²) in [7, 11) is 0. The van der Waals surface area contributed by atoms with Gasteiger partial charge in [-0.05, 0) is 72.4 Å². The monoisotopic (exact) mass is 507 g/mol. The van der Waals surface area contributed by atoms with Crippen LogP contribution in [0.5, 0.6) is 5.75 Å². The highest BCUT2D eigenvalue weighted by Crippen LogP contribution is 2.38. The van der Waals surface area contributed by atoms with Crippen molar-refractivity contribution < 1.29 is 5.11 Å². The van der Waals surface area contributed by atoms with E-state index in [-0.39, 0.29) is 21.8 Å². The van der Waals surface area contributed by atoms with Crippen molar-refractivity contribution in [3.05, 3.63) is 70.5 Å². The van der Waals surface area contributed by atoms with Crippen molar-refractivity contribution in [2.24, 2.45) is 5.73 Å². The third-order valence-electron chi connectivity index (χ3n) is 6.48. The zero-order valence-corrected chi connectivity index (χ0v) is 20.9. The molecule has 4 aromatic rings. The van der Waals surface area contributed by atoms with Crippen molar-refractivity contribution in [1.82, 2.24) is 9.97 Å². The van der Waals surface area contributed by atoms with Crippen LogP contribution < -0.4 is 16.0 Å². The van der Waals surface area contributed by atoms with Gasteiger partial charge in [-0.1, -0.05) is 36.2 Å². The maximum atomic E-state index is 9.94. The molecule has 8 heteroatoms. The SMILES string of the molecule is CCc1cnc2ccc(-c3cc(Cl)c(O)c(Cl)c3)cc2c1Nc1ccc(N2CCCC(N)C2)nc1. The van der Waals surface area contributed by atoms with Gasteiger partial charge in [0.15, 0.2) is 5.75 Å². The molecule has 0 spiro atoms. The summed E-state index contributed by atoms with van der Waals surface area (Å²) in [5.74, 6) is 0.835. The fourth-order valence-electron chi connectivity index (χ4n) is 4.57. The number of piperidine rings is 1. The summed E-state index contributed by atoms with van der Waals surface area (Å²) in [5.41, 5.74) is 11.7. The summed E-state index contributed by atoms with van der Waals surface area (Å²) in [5, 5.41) is 14.9. The number of anilines is 3. The number of benzene rings is 2. The molecule has 6 nitrogen and oxygen atoms in total. The van der Waals surface area contributed by atoms with Gasteiger partial charge in [0.1, 0.15) is 5.82 Å². The van der Waals surface area contributed by atoms with Crippen LogP contribution in [0.4, 0.5) is 17.2 Å². The maximum absolute atomic E-state index is 9.94. The first-order valence-corrected chi connectivity index (χ1v) is 12.5. The number of aryl methyl sites for hydroxylation is 1. The number of aromatic nitrogens is 2. The number of phenolic OH excluding ortho intramolecular Hbond substituents is 1. The van der Waals surface area contributed by atoms with Crippen molar-refractivity contribution in [2.75, 3.05) is 23.3 Å². The molecule has 2 aromatic heterocycles. The Morgan fingerprint density at radius 2 is 1.86 bits per heavy atom. The number of nitrogens with two attached hydrogens (primary N) is 1. The van der Waals surface area contributed by atoms with Crippen LogP contribution >= 0.6 is 23.2 Å². The molecule has 3 heterocycles. The molecule has 1 atom stereocenters. The van der Waals surface area contributed by atoms with Crippen molar-refractivity contribution in [2.45, 2.75) is 32.2 Å². The summed E-state index contributed by atoms with van der Waals surface area (Å²) in [6.45, 7) is 3.93. The first-order valence-electron chi connectivity index (χ1n) is 11.8. The molecule has 0 radical (unpaired) electrons. The van der Waals surface area contributed by atoms with E-state index in [9.17, 15) is 5.11 Å². The number of rotatable bonds is 5. The quantitative estimate of drug-likeness (QED) is 0.284. The van der Waals surface area contributed by atoms with E-state index in [2.05, 4.69) is 34.3 Å². The van der Waals surface area contributed by atoms with Crippen molar-refractivity contribution in [3.8, 4) is 16.9 Å². The van der Waals surface area contributed by atoms with Gasteiger partial charge >= 0.3 is 0 Å². The van der Waals surface area contributed by atoms with Gasteiger partial charge in [-0.3, -0.25) is 4.98 Å². The first kappa shape index (κ1) is 23.7. The van der Waals surface area contributed by atoms with E-state index < -0.39 is 0 Å². The standard InChI is InChI=1S/C27H27Cl2N5O/c1-2-16-13-31-24-7-5-17(18-11-22(28)27(35)23(29)12-18)10-21(24)26(16)33-20-6-8-25(32-14-20)34-9-3-4-19(30)15-34/h5-8,10-14,19,35H,2-4,9,15,30H2,1H3,(H,31,33). The largest absolute Gasteiger partial charge is 0.505 e. The van der Waals surface area contributed by atoms with Gasteiger partial charge in [0.2, 0.25) is 0 Å². The second-order valence-corrected chi connectivity index (χ2v) is 9.73. The van der Waals surface area contributed by atoms with Crippen LogP contribution in [-0.2, 0) is 6.42 Å². The lowest BCUT2D eigenvalue weighted by atomic mass is 10.0. The summed E-state index contributed by atoms with van der Waals surface area (Å²) in [4.78, 5) is 11.6. The summed E-state index contributed by atoms with van der Waals surface area (Å²) in [6, 6.07) is 13.7. The van der Waals surface area contributed by atoms with E-state index in [1.807, 2.05) is 30.6 Å². The summed E-state index contributed by atoms with van der Waals surface area (Å²) in [6.07, 6.45) is 6.75. The minimum Gasteiger partial charge on any atom is -0.505 e. The minimum atomic E-state index is -0.113. The van der Waals surface area contributed by atoms with Gasteiger partial charge in [-0.25, -0.2) is 4.98 Å². The number of fused-ring (bicyclic) bond motifs is 1. The second-order valence-electron chi connectivity index (χ2n) is 8.91. The van der Waals surface area contributed by atoms with E-state index in [1.54, 1.807) is 12.1 Å². The predicted octanol–water partition coefficient (Wildman–Crippen LogP) is 6.54. The highest BCUT2D eigenvalue weighted by Gasteiger charge is 2.18. The molecular weight excluding hydrogens is 481 g/mol. The van der Waals surface area contributed by atoms with Gasteiger partial charge < -0.3 is 21.1 Å². The summed E-state index contributed by atoms with van der Waals surface area (Å²) >= 11 is 12.3. The third kappa shape index (κ3) is 4.87. The minimum absolute atomic E-state index is 0.113. The average Bonchev–Trinajstić information content (AvgIpc) is 2.87. The number of halogens is 2. The number of nitrogens with zero attached hydrogens (tertiary/aromatic N) is 3. The second kappa shape index (κ2) is 9.90. The molecule has 0 bridgehead atoms. The van der Waals surface area contributed by atoms with Crippen LogP contribution in [-0.4, -0.2) is 34.2 Å². The Morgan fingerprint density at radius 3 is 2.54 bits per heavy atom. The van der Waals surface area contributed by atoms with Crippen LogP contribution in [0.3, 0.4) is 0 Å². The molecule has 1 fully saturated rings.